The molecule has 1 aliphatic carbocycles. The Balaban J connectivity index is 1.66. The third kappa shape index (κ3) is 5.10. The second-order valence-corrected chi connectivity index (χ2v) is 16.2. The number of ether oxygens (including phenoxy) is 1. The number of aliphatic hydroxyl groups is 1. The summed E-state index contributed by atoms with van der Waals surface area (Å²) in [7, 11) is -1.21. The van der Waals surface area contributed by atoms with E-state index in [1.54, 1.807) is 18.5 Å². The van der Waals surface area contributed by atoms with Crippen molar-refractivity contribution >= 4 is 47.9 Å². The molecule has 2 unspecified atom stereocenters. The number of anilines is 2. The Morgan fingerprint density at radius 3 is 2.68 bits per heavy atom. The maximum Gasteiger partial charge on any atom is 0.226 e. The second-order valence-electron chi connectivity index (χ2n) is 10.2. The lowest BCUT2D eigenvalue weighted by Crippen LogP contribution is -2.29. The third-order valence-electron chi connectivity index (χ3n) is 6.51. The predicted molar refractivity (Wildman–Crippen MR) is 138 cm³/mol. The van der Waals surface area contributed by atoms with Gasteiger partial charge in [-0.3, -0.25) is 4.79 Å². The van der Waals surface area contributed by atoms with Gasteiger partial charge in [0.05, 0.1) is 23.9 Å². The Bertz CT molecular complexity index is 1180. The molecule has 1 aromatic carbocycles. The Kier molecular flexibility index (Phi) is 6.96. The van der Waals surface area contributed by atoms with Crippen LogP contribution in [0.15, 0.2) is 48.8 Å². The van der Waals surface area contributed by atoms with Crippen LogP contribution in [0.3, 0.4) is 0 Å². The summed E-state index contributed by atoms with van der Waals surface area (Å²) in [5.74, 6) is 0.227. The molecule has 7 nitrogen and oxygen atoms in total. The maximum absolute atomic E-state index is 11.9. The van der Waals surface area contributed by atoms with Crippen LogP contribution in [0.5, 0.6) is 0 Å². The van der Waals surface area contributed by atoms with E-state index >= 15 is 0 Å². The van der Waals surface area contributed by atoms with Gasteiger partial charge >= 0.3 is 0 Å². The van der Waals surface area contributed by atoms with Crippen molar-refractivity contribution in [1.82, 2.24) is 9.97 Å². The minimum absolute atomic E-state index is 0.0718. The number of carbonyl (C=O) groups is 1. The first-order valence-electron chi connectivity index (χ1n) is 11.4. The zero-order chi connectivity index (χ0) is 24.5. The van der Waals surface area contributed by atoms with Crippen LogP contribution < -0.4 is 10.6 Å². The van der Waals surface area contributed by atoms with Crippen LogP contribution >= 0.6 is 11.6 Å². The number of hydrogen-bond donors (Lipinski definition) is 2. The van der Waals surface area contributed by atoms with Gasteiger partial charge in [0.25, 0.3) is 0 Å². The lowest BCUT2D eigenvalue weighted by Gasteiger charge is -2.25. The zero-order valence-corrected chi connectivity index (χ0v) is 21.5. The Morgan fingerprint density at radius 2 is 2.06 bits per heavy atom. The highest BCUT2D eigenvalue weighted by molar-refractivity contribution is 6.76. The molecular formula is C25H31ClN4O3Si. The van der Waals surface area contributed by atoms with Gasteiger partial charge in [-0.1, -0.05) is 49.4 Å². The van der Waals surface area contributed by atoms with Gasteiger partial charge in [-0.15, -0.1) is 0 Å². The summed E-state index contributed by atoms with van der Waals surface area (Å²) < 4.78 is 6.08. The van der Waals surface area contributed by atoms with Gasteiger partial charge in [0.2, 0.25) is 5.91 Å². The number of pyridine rings is 2. The van der Waals surface area contributed by atoms with Crippen molar-refractivity contribution in [2.45, 2.75) is 38.0 Å². The summed E-state index contributed by atoms with van der Waals surface area (Å²) in [5.41, 5.74) is 6.53. The first kappa shape index (κ1) is 24.6. The summed E-state index contributed by atoms with van der Waals surface area (Å²) >= 11 is 6.02. The molecule has 180 valence electrons. The summed E-state index contributed by atoms with van der Waals surface area (Å²) in [4.78, 5) is 22.8. The molecule has 0 saturated heterocycles. The minimum atomic E-state index is -1.21. The fourth-order valence-electron chi connectivity index (χ4n) is 4.20. The second kappa shape index (κ2) is 9.62. The number of benzene rings is 1. The lowest BCUT2D eigenvalue weighted by molar-refractivity contribution is -0.124. The summed E-state index contributed by atoms with van der Waals surface area (Å²) in [6, 6.07) is 12.7. The van der Waals surface area contributed by atoms with E-state index in [0.29, 0.717) is 24.9 Å². The molecule has 0 radical (unpaired) electrons. The van der Waals surface area contributed by atoms with E-state index in [4.69, 9.17) is 22.1 Å². The molecule has 34 heavy (non-hydrogen) atoms. The Morgan fingerprint density at radius 1 is 1.26 bits per heavy atom. The Labute approximate surface area is 205 Å². The largest absolute Gasteiger partial charge is 0.395 e. The number of fused-ring (bicyclic) bond motifs is 1. The third-order valence-corrected chi connectivity index (χ3v) is 8.44. The van der Waals surface area contributed by atoms with Gasteiger partial charge in [0, 0.05) is 32.2 Å². The number of amides is 1. The van der Waals surface area contributed by atoms with Gasteiger partial charge in [0.15, 0.2) is 0 Å². The van der Waals surface area contributed by atoms with Crippen LogP contribution in [-0.4, -0.2) is 49.0 Å². The van der Waals surface area contributed by atoms with E-state index in [2.05, 4.69) is 35.7 Å². The van der Waals surface area contributed by atoms with Crippen molar-refractivity contribution < 1.29 is 14.6 Å². The fraction of sp³-hybridized carbons (Fsp3) is 0.400. The molecule has 9 heteroatoms. The van der Waals surface area contributed by atoms with Crippen molar-refractivity contribution in [3.8, 4) is 0 Å². The zero-order valence-electron chi connectivity index (χ0n) is 19.8. The molecule has 3 aromatic rings. The molecule has 1 amide bonds. The average Bonchev–Trinajstić information content (AvgIpc) is 3.55. The number of primary amides is 1. The van der Waals surface area contributed by atoms with Crippen molar-refractivity contribution in [1.29, 1.82) is 0 Å². The van der Waals surface area contributed by atoms with Crippen LogP contribution in [-0.2, 0) is 9.53 Å². The number of nitrogens with zero attached hydrogens (tertiary/aromatic N) is 3. The smallest absolute Gasteiger partial charge is 0.226 e. The number of aliphatic hydroxyl groups excluding tert-OH is 1. The van der Waals surface area contributed by atoms with E-state index in [0.717, 1.165) is 33.9 Å². The molecule has 3 N–H and O–H groups in total. The number of rotatable bonds is 10. The summed E-state index contributed by atoms with van der Waals surface area (Å²) in [5, 5.41) is 12.1. The minimum Gasteiger partial charge on any atom is -0.395 e. The maximum atomic E-state index is 11.9. The number of aromatic nitrogens is 2. The van der Waals surface area contributed by atoms with Gasteiger partial charge in [-0.05, 0) is 41.6 Å². The molecule has 0 bridgehead atoms. The molecule has 1 aliphatic rings. The van der Waals surface area contributed by atoms with Crippen LogP contribution in [0.1, 0.15) is 17.9 Å². The molecule has 4 rings (SSSR count). The SMILES string of the molecule is C[Si](C)(C)CCOCN(c1ccc(Cl)nc1)c1nccc2cc(C3CC3(CO)C(N)=O)ccc12. The molecule has 2 heterocycles. The summed E-state index contributed by atoms with van der Waals surface area (Å²) in [6.07, 6.45) is 4.04. The number of halogens is 1. The molecule has 0 spiro atoms. The molecule has 1 saturated carbocycles. The van der Waals surface area contributed by atoms with Crippen LogP contribution in [0.25, 0.3) is 10.8 Å². The Hall–Kier alpha value is -2.52. The number of carbonyl (C=O) groups excluding carboxylic acids is 1. The van der Waals surface area contributed by atoms with Gasteiger partial charge in [-0.25, -0.2) is 9.97 Å². The first-order chi connectivity index (χ1) is 16.1. The van der Waals surface area contributed by atoms with Crippen molar-refractivity contribution in [2.75, 3.05) is 24.8 Å². The number of nitrogens with two attached hydrogens (primary N) is 1. The quantitative estimate of drug-likeness (QED) is 0.182. The van der Waals surface area contributed by atoms with Crippen molar-refractivity contribution in [2.24, 2.45) is 11.1 Å². The molecule has 1 fully saturated rings. The van der Waals surface area contributed by atoms with Crippen LogP contribution in [0, 0.1) is 5.41 Å². The lowest BCUT2D eigenvalue weighted by atomic mass is 9.97. The highest BCUT2D eigenvalue weighted by Crippen LogP contribution is 2.59. The molecular weight excluding hydrogens is 468 g/mol. The standard InChI is InChI=1S/C25H31ClN4O3Si/c1-34(2,3)11-10-33-16-30(19-5-7-22(26)29-14-19)23-20-6-4-18(12-17(20)8-9-28-23)21-13-25(21,15-31)24(27)32/h4-9,12,14,21,31H,10-11,13,15-16H2,1-3H3,(H2,27,32). The van der Waals surface area contributed by atoms with Crippen molar-refractivity contribution in [3.63, 3.8) is 0 Å². The van der Waals surface area contributed by atoms with Gasteiger partial charge < -0.3 is 20.5 Å². The predicted octanol–water partition coefficient (Wildman–Crippen LogP) is 4.68. The van der Waals surface area contributed by atoms with Crippen molar-refractivity contribution in [3.05, 3.63) is 59.5 Å². The normalized spacial score (nSPS) is 19.9. The van der Waals surface area contributed by atoms with Gasteiger partial charge in [-0.2, -0.15) is 0 Å². The molecule has 0 aliphatic heterocycles. The van der Waals surface area contributed by atoms with E-state index in [1.807, 2.05) is 29.2 Å². The topological polar surface area (TPSA) is 102 Å². The van der Waals surface area contributed by atoms with E-state index < -0.39 is 19.4 Å². The molecule has 2 atom stereocenters. The van der Waals surface area contributed by atoms with Crippen LogP contribution in [0.4, 0.5) is 11.5 Å². The van der Waals surface area contributed by atoms with E-state index in [9.17, 15) is 9.90 Å². The summed E-state index contributed by atoms with van der Waals surface area (Å²) in [6.45, 7) is 7.75. The average molecular weight is 499 g/mol. The van der Waals surface area contributed by atoms with E-state index in [1.165, 1.54) is 0 Å². The first-order valence-corrected chi connectivity index (χ1v) is 15.5. The fourth-order valence-corrected chi connectivity index (χ4v) is 5.07. The van der Waals surface area contributed by atoms with E-state index in [-0.39, 0.29) is 12.5 Å². The number of hydrogen-bond acceptors (Lipinski definition) is 6. The van der Waals surface area contributed by atoms with Crippen LogP contribution in [0.2, 0.25) is 30.8 Å². The van der Waals surface area contributed by atoms with Gasteiger partial charge in [0.1, 0.15) is 17.7 Å². The molecule has 2 aromatic heterocycles. The highest BCUT2D eigenvalue weighted by atomic mass is 35.5. The monoisotopic (exact) mass is 498 g/mol. The highest BCUT2D eigenvalue weighted by Gasteiger charge is 2.59.